The number of carbonyl (C=O) groups is 1. The Labute approximate surface area is 202 Å². The van der Waals surface area contributed by atoms with E-state index in [0.29, 0.717) is 28.2 Å². The second kappa shape index (κ2) is 9.77. The first-order chi connectivity index (χ1) is 16.7. The predicted octanol–water partition coefficient (Wildman–Crippen LogP) is 3.73. The highest BCUT2D eigenvalue weighted by atomic mass is 32.2. The Morgan fingerprint density at radius 1 is 1.00 bits per heavy atom. The van der Waals surface area contributed by atoms with Gasteiger partial charge in [0.1, 0.15) is 5.76 Å². The minimum atomic E-state index is -4.10. The highest BCUT2D eigenvalue weighted by Crippen LogP contribution is 2.31. The topological polar surface area (TPSA) is 119 Å². The molecule has 0 aliphatic carbocycles. The molecule has 35 heavy (non-hydrogen) atoms. The standard InChI is InChI=1S/C25H24N2O7S/c1-16(28)17-6-4-8-21(11-17)35(30,31)27(15-20-7-5-9-34-20)14-19-10-18-12-23(32-2)24(33-3)13-22(18)26-25(19)29/h4-13H,14-15H2,1-3H3,(H,26,29). The highest BCUT2D eigenvalue weighted by molar-refractivity contribution is 7.89. The van der Waals surface area contributed by atoms with Gasteiger partial charge >= 0.3 is 0 Å². The molecule has 9 nitrogen and oxygen atoms in total. The molecule has 0 radical (unpaired) electrons. The van der Waals surface area contributed by atoms with E-state index in [-0.39, 0.29) is 34.9 Å². The number of carbonyl (C=O) groups excluding carboxylic acids is 1. The zero-order valence-corrected chi connectivity index (χ0v) is 20.2. The number of furan rings is 1. The lowest BCUT2D eigenvalue weighted by Crippen LogP contribution is -2.32. The van der Waals surface area contributed by atoms with Crippen LogP contribution in [0.2, 0.25) is 0 Å². The van der Waals surface area contributed by atoms with Crippen molar-refractivity contribution >= 4 is 26.7 Å². The lowest BCUT2D eigenvalue weighted by atomic mass is 10.1. The molecule has 0 spiro atoms. The lowest BCUT2D eigenvalue weighted by Gasteiger charge is -2.21. The van der Waals surface area contributed by atoms with Crippen molar-refractivity contribution in [2.75, 3.05) is 14.2 Å². The van der Waals surface area contributed by atoms with E-state index in [1.54, 1.807) is 36.4 Å². The molecule has 0 aliphatic heterocycles. The molecule has 0 saturated carbocycles. The largest absolute Gasteiger partial charge is 0.493 e. The maximum atomic E-state index is 13.6. The molecule has 0 unspecified atom stereocenters. The molecule has 2 heterocycles. The zero-order valence-electron chi connectivity index (χ0n) is 19.4. The monoisotopic (exact) mass is 496 g/mol. The van der Waals surface area contributed by atoms with Gasteiger partial charge in [0.05, 0.1) is 37.4 Å². The summed E-state index contributed by atoms with van der Waals surface area (Å²) in [7, 11) is -1.10. The van der Waals surface area contributed by atoms with Gasteiger partial charge in [0, 0.05) is 29.1 Å². The SMILES string of the molecule is COc1cc2cc(CN(Cc3ccco3)S(=O)(=O)c3cccc(C(C)=O)c3)c(=O)[nH]c2cc1OC. The number of fused-ring (bicyclic) bond motifs is 1. The first kappa shape index (κ1) is 24.2. The van der Waals surface area contributed by atoms with E-state index in [4.69, 9.17) is 13.9 Å². The molecular weight excluding hydrogens is 472 g/mol. The van der Waals surface area contributed by atoms with Gasteiger partial charge in [-0.3, -0.25) is 9.59 Å². The van der Waals surface area contributed by atoms with Crippen molar-refractivity contribution in [1.29, 1.82) is 0 Å². The average molecular weight is 497 g/mol. The van der Waals surface area contributed by atoms with Crippen LogP contribution >= 0.6 is 0 Å². The van der Waals surface area contributed by atoms with Crippen molar-refractivity contribution in [3.63, 3.8) is 0 Å². The fraction of sp³-hybridized carbons (Fsp3) is 0.200. The lowest BCUT2D eigenvalue weighted by molar-refractivity contribution is 0.101. The van der Waals surface area contributed by atoms with Crippen LogP contribution < -0.4 is 15.0 Å². The molecule has 0 aliphatic rings. The Hall–Kier alpha value is -3.89. The Bertz CT molecular complexity index is 1540. The smallest absolute Gasteiger partial charge is 0.252 e. The number of rotatable bonds is 9. The summed E-state index contributed by atoms with van der Waals surface area (Å²) in [4.78, 5) is 27.5. The number of aromatic nitrogens is 1. The maximum absolute atomic E-state index is 13.6. The molecule has 1 N–H and O–H groups in total. The number of H-pyrrole nitrogens is 1. The number of hydrogen-bond donors (Lipinski definition) is 1. The normalized spacial score (nSPS) is 11.7. The van der Waals surface area contributed by atoms with Crippen LogP contribution in [-0.4, -0.2) is 37.7 Å². The average Bonchev–Trinajstić information content (AvgIpc) is 3.36. The number of pyridine rings is 1. The summed E-state index contributed by atoms with van der Waals surface area (Å²) in [5.41, 5.74) is 0.573. The number of nitrogens with zero attached hydrogens (tertiary/aromatic N) is 1. The number of ketones is 1. The van der Waals surface area contributed by atoms with Crippen molar-refractivity contribution in [2.45, 2.75) is 24.9 Å². The molecule has 2 aromatic carbocycles. The van der Waals surface area contributed by atoms with E-state index in [1.807, 2.05) is 0 Å². The Balaban J connectivity index is 1.79. The number of ether oxygens (including phenoxy) is 2. The van der Waals surface area contributed by atoms with E-state index < -0.39 is 15.6 Å². The van der Waals surface area contributed by atoms with Gasteiger partial charge in [0.15, 0.2) is 17.3 Å². The van der Waals surface area contributed by atoms with E-state index in [2.05, 4.69) is 4.98 Å². The van der Waals surface area contributed by atoms with Crippen LogP contribution in [0.25, 0.3) is 10.9 Å². The van der Waals surface area contributed by atoms with Gasteiger partial charge in [-0.2, -0.15) is 4.31 Å². The molecule has 182 valence electrons. The summed E-state index contributed by atoms with van der Waals surface area (Å²) in [5, 5.41) is 0.645. The third kappa shape index (κ3) is 4.98. The zero-order chi connectivity index (χ0) is 25.2. The van der Waals surface area contributed by atoms with Gasteiger partial charge in [-0.1, -0.05) is 12.1 Å². The van der Waals surface area contributed by atoms with Gasteiger partial charge < -0.3 is 18.9 Å². The van der Waals surface area contributed by atoms with Gasteiger partial charge in [0.25, 0.3) is 5.56 Å². The second-order valence-electron chi connectivity index (χ2n) is 7.85. The number of methoxy groups -OCH3 is 2. The van der Waals surface area contributed by atoms with Gasteiger partial charge in [-0.05, 0) is 43.3 Å². The molecule has 0 amide bonds. The summed E-state index contributed by atoms with van der Waals surface area (Å²) in [5.74, 6) is 1.07. The summed E-state index contributed by atoms with van der Waals surface area (Å²) < 4.78 is 44.4. The van der Waals surface area contributed by atoms with E-state index in [1.165, 1.54) is 45.6 Å². The summed E-state index contributed by atoms with van der Waals surface area (Å²) in [6.45, 7) is 1.03. The second-order valence-corrected chi connectivity index (χ2v) is 9.79. The molecular formula is C25H24N2O7S. The van der Waals surface area contributed by atoms with E-state index in [9.17, 15) is 18.0 Å². The van der Waals surface area contributed by atoms with Crippen LogP contribution in [0.1, 0.15) is 28.6 Å². The van der Waals surface area contributed by atoms with Crippen LogP contribution in [0.5, 0.6) is 11.5 Å². The summed E-state index contributed by atoms with van der Waals surface area (Å²) in [6, 6.07) is 14.1. The number of benzene rings is 2. The molecule has 4 rings (SSSR count). The van der Waals surface area contributed by atoms with Gasteiger partial charge in [-0.15, -0.1) is 0 Å². The molecule has 10 heteroatoms. The molecule has 0 atom stereocenters. The van der Waals surface area contributed by atoms with Gasteiger partial charge in [0.2, 0.25) is 10.0 Å². The Kier molecular flexibility index (Phi) is 6.77. The Morgan fingerprint density at radius 2 is 1.74 bits per heavy atom. The van der Waals surface area contributed by atoms with E-state index >= 15 is 0 Å². The number of aromatic amines is 1. The van der Waals surface area contributed by atoms with Crippen molar-refractivity contribution < 1.29 is 27.1 Å². The molecule has 0 bridgehead atoms. The first-order valence-electron chi connectivity index (χ1n) is 10.6. The Morgan fingerprint density at radius 3 is 2.40 bits per heavy atom. The van der Waals surface area contributed by atoms with Crippen molar-refractivity contribution in [3.05, 3.63) is 88.1 Å². The number of sulfonamides is 1. The van der Waals surface area contributed by atoms with Crippen LogP contribution in [0.4, 0.5) is 0 Å². The minimum Gasteiger partial charge on any atom is -0.493 e. The fourth-order valence-corrected chi connectivity index (χ4v) is 5.14. The number of nitrogens with one attached hydrogen (secondary N) is 1. The number of Topliss-reactive ketones (excluding diaryl/α,β-unsaturated/α-hetero) is 1. The maximum Gasteiger partial charge on any atom is 0.252 e. The van der Waals surface area contributed by atoms with E-state index in [0.717, 1.165) is 4.31 Å². The van der Waals surface area contributed by atoms with Crippen LogP contribution in [-0.2, 0) is 23.1 Å². The minimum absolute atomic E-state index is 0.0552. The summed E-state index contributed by atoms with van der Waals surface area (Å²) in [6.07, 6.45) is 1.44. The highest BCUT2D eigenvalue weighted by Gasteiger charge is 2.27. The third-order valence-corrected chi connectivity index (χ3v) is 7.35. The van der Waals surface area contributed by atoms with Crippen LogP contribution in [0.3, 0.4) is 0 Å². The third-order valence-electron chi connectivity index (χ3n) is 5.56. The molecule has 0 fully saturated rings. The molecule has 2 aromatic heterocycles. The van der Waals surface area contributed by atoms with Gasteiger partial charge in [-0.25, -0.2) is 8.42 Å². The predicted molar refractivity (Wildman–Crippen MR) is 129 cm³/mol. The molecule has 0 saturated heterocycles. The quantitative estimate of drug-likeness (QED) is 0.351. The fourth-order valence-electron chi connectivity index (χ4n) is 3.71. The van der Waals surface area contributed by atoms with Crippen molar-refractivity contribution in [1.82, 2.24) is 9.29 Å². The first-order valence-corrected chi connectivity index (χ1v) is 12.1. The van der Waals surface area contributed by atoms with Crippen molar-refractivity contribution in [3.8, 4) is 11.5 Å². The van der Waals surface area contributed by atoms with Crippen LogP contribution in [0, 0.1) is 0 Å². The summed E-state index contributed by atoms with van der Waals surface area (Å²) >= 11 is 0. The molecule has 4 aromatic rings. The van der Waals surface area contributed by atoms with Crippen molar-refractivity contribution in [2.24, 2.45) is 0 Å². The van der Waals surface area contributed by atoms with Crippen LogP contribution in [0.15, 0.2) is 75.0 Å². The number of hydrogen-bond acceptors (Lipinski definition) is 7.